The molecule has 0 saturated carbocycles. The normalized spacial score (nSPS) is 15.0. The molecule has 0 N–H and O–H groups in total. The molecular weight excluding hydrogens is 442 g/mol. The third kappa shape index (κ3) is 5.84. The van der Waals surface area contributed by atoms with Crippen molar-refractivity contribution in [3.8, 4) is 5.75 Å². The van der Waals surface area contributed by atoms with Crippen molar-refractivity contribution in [3.63, 3.8) is 0 Å². The predicted molar refractivity (Wildman–Crippen MR) is 123 cm³/mol. The molecule has 1 saturated heterocycles. The molecule has 1 amide bonds. The van der Waals surface area contributed by atoms with Gasteiger partial charge in [0.05, 0.1) is 12.0 Å². The largest absolute Gasteiger partial charge is 0.489 e. The van der Waals surface area contributed by atoms with Gasteiger partial charge in [-0.05, 0) is 36.3 Å². The summed E-state index contributed by atoms with van der Waals surface area (Å²) >= 11 is 12.7. The third-order valence-electron chi connectivity index (χ3n) is 4.39. The summed E-state index contributed by atoms with van der Waals surface area (Å²) in [5, 5.41) is 0.669. The summed E-state index contributed by atoms with van der Waals surface area (Å²) in [6.07, 6.45) is 2.56. The van der Waals surface area contributed by atoms with Crippen LogP contribution >= 0.6 is 35.6 Å². The van der Waals surface area contributed by atoms with Crippen molar-refractivity contribution in [2.24, 2.45) is 0 Å². The van der Waals surface area contributed by atoms with Crippen LogP contribution < -0.4 is 4.74 Å². The zero-order valence-electron chi connectivity index (χ0n) is 16.3. The fourth-order valence-corrected chi connectivity index (χ4v) is 4.26. The Labute approximate surface area is 190 Å². The second-order valence-corrected chi connectivity index (χ2v) is 8.55. The number of hydrogen-bond donors (Lipinski definition) is 0. The lowest BCUT2D eigenvalue weighted by Gasteiger charge is -2.13. The fourth-order valence-electron chi connectivity index (χ4n) is 2.76. The molecule has 0 bridgehead atoms. The molecule has 1 fully saturated rings. The van der Waals surface area contributed by atoms with Gasteiger partial charge in [0.25, 0.3) is 5.91 Å². The van der Waals surface area contributed by atoms with Crippen molar-refractivity contribution >= 4 is 57.9 Å². The van der Waals surface area contributed by atoms with Gasteiger partial charge < -0.3 is 9.47 Å². The average molecular weight is 462 g/mol. The zero-order valence-corrected chi connectivity index (χ0v) is 18.7. The fraction of sp³-hybridized carbons (Fsp3) is 0.227. The average Bonchev–Trinajstić information content (AvgIpc) is 3.01. The van der Waals surface area contributed by atoms with Gasteiger partial charge in [-0.1, -0.05) is 65.9 Å². The summed E-state index contributed by atoms with van der Waals surface area (Å²) in [5.41, 5.74) is 1.79. The van der Waals surface area contributed by atoms with Gasteiger partial charge in [-0.2, -0.15) is 0 Å². The van der Waals surface area contributed by atoms with Crippen molar-refractivity contribution in [1.29, 1.82) is 0 Å². The smallest absolute Gasteiger partial charge is 0.305 e. The Kier molecular flexibility index (Phi) is 7.90. The molecule has 2 aromatic carbocycles. The molecule has 30 heavy (non-hydrogen) atoms. The summed E-state index contributed by atoms with van der Waals surface area (Å²) in [6.45, 7) is 0.773. The molecule has 3 rings (SSSR count). The lowest BCUT2D eigenvalue weighted by atomic mass is 10.2. The molecule has 156 valence electrons. The van der Waals surface area contributed by atoms with Gasteiger partial charge in [0, 0.05) is 23.6 Å². The lowest BCUT2D eigenvalue weighted by molar-refractivity contribution is -0.141. The Hall–Kier alpha value is -2.35. The standard InChI is InChI=1S/C22H20ClNO4S2/c1-27-20(25)7-4-12-24-21(26)19(30-22(24)29)13-15-8-10-17(11-9-15)28-14-16-5-2-3-6-18(16)23/h2-3,5-6,8-11,13H,4,7,12,14H2,1H3/b19-13-. The summed E-state index contributed by atoms with van der Waals surface area (Å²) in [4.78, 5) is 25.9. The highest BCUT2D eigenvalue weighted by Crippen LogP contribution is 2.33. The number of carbonyl (C=O) groups is 2. The van der Waals surface area contributed by atoms with Crippen molar-refractivity contribution < 1.29 is 19.1 Å². The number of nitrogens with zero attached hydrogens (tertiary/aromatic N) is 1. The molecule has 2 aromatic rings. The first-order valence-corrected chi connectivity index (χ1v) is 10.9. The van der Waals surface area contributed by atoms with Crippen LogP contribution in [0.5, 0.6) is 5.75 Å². The van der Waals surface area contributed by atoms with Gasteiger partial charge >= 0.3 is 5.97 Å². The van der Waals surface area contributed by atoms with Gasteiger partial charge in [-0.15, -0.1) is 0 Å². The number of rotatable bonds is 8. The molecule has 1 heterocycles. The number of thioether (sulfide) groups is 1. The minimum atomic E-state index is -0.298. The van der Waals surface area contributed by atoms with Crippen LogP contribution in [-0.4, -0.2) is 34.8 Å². The Morgan fingerprint density at radius 2 is 1.93 bits per heavy atom. The van der Waals surface area contributed by atoms with E-state index >= 15 is 0 Å². The van der Waals surface area contributed by atoms with Crippen LogP contribution in [0.25, 0.3) is 6.08 Å². The molecule has 0 aliphatic carbocycles. The van der Waals surface area contributed by atoms with Gasteiger partial charge in [-0.3, -0.25) is 14.5 Å². The maximum absolute atomic E-state index is 12.6. The van der Waals surface area contributed by atoms with Crippen LogP contribution in [-0.2, 0) is 20.9 Å². The van der Waals surface area contributed by atoms with Gasteiger partial charge in [-0.25, -0.2) is 0 Å². The zero-order chi connectivity index (χ0) is 21.5. The summed E-state index contributed by atoms with van der Waals surface area (Å²) in [6, 6.07) is 15.0. The Morgan fingerprint density at radius 1 is 1.20 bits per heavy atom. The van der Waals surface area contributed by atoms with E-state index in [1.165, 1.54) is 23.8 Å². The maximum atomic E-state index is 12.6. The molecule has 5 nitrogen and oxygen atoms in total. The minimum absolute atomic E-state index is 0.145. The first-order chi connectivity index (χ1) is 14.5. The monoisotopic (exact) mass is 461 g/mol. The molecule has 1 aliphatic rings. The van der Waals surface area contributed by atoms with Crippen molar-refractivity contribution in [1.82, 2.24) is 4.90 Å². The summed E-state index contributed by atoms with van der Waals surface area (Å²) < 4.78 is 10.9. The second-order valence-electron chi connectivity index (χ2n) is 6.46. The molecule has 0 spiro atoms. The van der Waals surface area contributed by atoms with Crippen LogP contribution in [0.3, 0.4) is 0 Å². The molecule has 0 aromatic heterocycles. The van der Waals surface area contributed by atoms with Crippen molar-refractivity contribution in [2.45, 2.75) is 19.4 Å². The first kappa shape index (κ1) is 22.3. The predicted octanol–water partition coefficient (Wildman–Crippen LogP) is 5.07. The van der Waals surface area contributed by atoms with Gasteiger partial charge in [0.2, 0.25) is 0 Å². The van der Waals surface area contributed by atoms with E-state index in [0.29, 0.717) is 39.6 Å². The highest BCUT2D eigenvalue weighted by Gasteiger charge is 2.31. The van der Waals surface area contributed by atoms with Crippen LogP contribution in [0.2, 0.25) is 5.02 Å². The Balaban J connectivity index is 1.58. The molecule has 0 radical (unpaired) electrons. The number of benzene rings is 2. The number of esters is 1. The van der Waals surface area contributed by atoms with Crippen LogP contribution in [0, 0.1) is 0 Å². The number of halogens is 1. The number of amides is 1. The first-order valence-electron chi connectivity index (χ1n) is 9.26. The third-order valence-corrected chi connectivity index (χ3v) is 6.14. The molecule has 0 unspecified atom stereocenters. The Morgan fingerprint density at radius 3 is 2.63 bits per heavy atom. The van der Waals surface area contributed by atoms with E-state index in [1.54, 1.807) is 6.08 Å². The molecule has 8 heteroatoms. The number of hydrogen-bond acceptors (Lipinski definition) is 6. The van der Waals surface area contributed by atoms with E-state index in [9.17, 15) is 9.59 Å². The number of methoxy groups -OCH3 is 1. The van der Waals surface area contributed by atoms with E-state index < -0.39 is 0 Å². The van der Waals surface area contributed by atoms with Crippen LogP contribution in [0.1, 0.15) is 24.0 Å². The topological polar surface area (TPSA) is 55.8 Å². The van der Waals surface area contributed by atoms with Crippen molar-refractivity contribution in [2.75, 3.05) is 13.7 Å². The number of ether oxygens (including phenoxy) is 2. The van der Waals surface area contributed by atoms with E-state index in [0.717, 1.165) is 11.1 Å². The summed E-state index contributed by atoms with van der Waals surface area (Å²) in [5.74, 6) is 0.268. The molecule has 0 atom stereocenters. The second kappa shape index (κ2) is 10.6. The van der Waals surface area contributed by atoms with Gasteiger partial charge in [0.15, 0.2) is 0 Å². The highest BCUT2D eigenvalue weighted by atomic mass is 35.5. The van der Waals surface area contributed by atoms with Crippen molar-refractivity contribution in [3.05, 3.63) is 69.6 Å². The van der Waals surface area contributed by atoms with Crippen LogP contribution in [0.4, 0.5) is 0 Å². The SMILES string of the molecule is COC(=O)CCCN1C(=O)/C(=C/c2ccc(OCc3ccccc3Cl)cc2)SC1=S. The molecule has 1 aliphatic heterocycles. The number of carbonyl (C=O) groups excluding carboxylic acids is 2. The quantitative estimate of drug-likeness (QED) is 0.310. The Bertz CT molecular complexity index is 975. The van der Waals surface area contributed by atoms with E-state index in [4.69, 9.17) is 28.6 Å². The van der Waals surface area contributed by atoms with E-state index in [-0.39, 0.29) is 18.3 Å². The maximum Gasteiger partial charge on any atom is 0.305 e. The summed E-state index contributed by atoms with van der Waals surface area (Å²) in [7, 11) is 1.35. The lowest BCUT2D eigenvalue weighted by Crippen LogP contribution is -2.29. The van der Waals surface area contributed by atoms with Crippen LogP contribution in [0.15, 0.2) is 53.4 Å². The van der Waals surface area contributed by atoms with E-state index in [1.807, 2.05) is 48.5 Å². The van der Waals surface area contributed by atoms with Gasteiger partial charge in [0.1, 0.15) is 16.7 Å². The van der Waals surface area contributed by atoms with E-state index in [2.05, 4.69) is 4.74 Å². The molecular formula is C22H20ClNO4S2. The minimum Gasteiger partial charge on any atom is -0.489 e. The highest BCUT2D eigenvalue weighted by molar-refractivity contribution is 8.26. The number of thiocarbonyl (C=S) groups is 1.